The largest absolute Gasteiger partial charge is 0.493 e. The van der Waals surface area contributed by atoms with E-state index in [0.717, 1.165) is 29.2 Å². The van der Waals surface area contributed by atoms with E-state index in [1.54, 1.807) is 14.2 Å². The number of halogens is 1. The van der Waals surface area contributed by atoms with Crippen molar-refractivity contribution >= 4 is 11.6 Å². The predicted octanol–water partition coefficient (Wildman–Crippen LogP) is 3.66. The van der Waals surface area contributed by atoms with E-state index in [1.807, 2.05) is 42.5 Å². The molecule has 1 N–H and O–H groups in total. The number of hydrogen-bond acceptors (Lipinski definition) is 4. The van der Waals surface area contributed by atoms with Crippen LogP contribution in [-0.2, 0) is 17.9 Å². The van der Waals surface area contributed by atoms with Crippen molar-refractivity contribution in [3.05, 3.63) is 58.6 Å². The first-order valence-corrected chi connectivity index (χ1v) is 7.85. The molecular formula is C18H22ClNO3. The number of methoxy groups -OCH3 is 2. The van der Waals surface area contributed by atoms with E-state index < -0.39 is 0 Å². The summed E-state index contributed by atoms with van der Waals surface area (Å²) in [5.74, 6) is 1.49. The summed E-state index contributed by atoms with van der Waals surface area (Å²) in [7, 11) is 3.33. The lowest BCUT2D eigenvalue weighted by Crippen LogP contribution is -2.19. The molecule has 23 heavy (non-hydrogen) atoms. The molecule has 0 aliphatic heterocycles. The molecule has 0 bridgehead atoms. The molecule has 4 nitrogen and oxygen atoms in total. The molecule has 0 aromatic heterocycles. The van der Waals surface area contributed by atoms with E-state index in [2.05, 4.69) is 5.32 Å². The topological polar surface area (TPSA) is 39.7 Å². The first-order valence-electron chi connectivity index (χ1n) is 7.47. The van der Waals surface area contributed by atoms with Gasteiger partial charge >= 0.3 is 0 Å². The summed E-state index contributed by atoms with van der Waals surface area (Å²) in [6.45, 7) is 2.61. The molecule has 0 aliphatic rings. The molecule has 0 fully saturated rings. The van der Waals surface area contributed by atoms with Crippen molar-refractivity contribution in [2.45, 2.75) is 13.2 Å². The maximum Gasteiger partial charge on any atom is 0.166 e. The molecule has 2 aromatic rings. The molecule has 0 heterocycles. The van der Waals surface area contributed by atoms with Crippen LogP contribution in [0.4, 0.5) is 0 Å². The minimum absolute atomic E-state index is 0.461. The van der Waals surface area contributed by atoms with Gasteiger partial charge in [0.05, 0.1) is 13.7 Å². The summed E-state index contributed by atoms with van der Waals surface area (Å²) in [5.41, 5.74) is 2.10. The number of para-hydroxylation sites is 1. The highest BCUT2D eigenvalue weighted by Gasteiger charge is 2.10. The van der Waals surface area contributed by atoms with Crippen LogP contribution in [0.3, 0.4) is 0 Å². The molecule has 0 saturated heterocycles. The second-order valence-electron chi connectivity index (χ2n) is 5.03. The smallest absolute Gasteiger partial charge is 0.166 e. The summed E-state index contributed by atoms with van der Waals surface area (Å²) in [6.07, 6.45) is 0. The third kappa shape index (κ3) is 5.43. The Labute approximate surface area is 142 Å². The van der Waals surface area contributed by atoms with Crippen LogP contribution >= 0.6 is 11.6 Å². The Balaban J connectivity index is 2.06. The molecule has 0 unspecified atom stereocenters. The third-order valence-corrected chi connectivity index (χ3v) is 3.63. The summed E-state index contributed by atoms with van der Waals surface area (Å²) in [6, 6.07) is 13.5. The predicted molar refractivity (Wildman–Crippen MR) is 92.4 cm³/mol. The average molecular weight is 336 g/mol. The molecule has 0 aliphatic carbocycles. The van der Waals surface area contributed by atoms with Crippen molar-refractivity contribution in [3.8, 4) is 11.5 Å². The van der Waals surface area contributed by atoms with Gasteiger partial charge in [-0.25, -0.2) is 0 Å². The average Bonchev–Trinajstić information content (AvgIpc) is 2.58. The van der Waals surface area contributed by atoms with Gasteiger partial charge in [-0.2, -0.15) is 0 Å². The minimum Gasteiger partial charge on any atom is -0.493 e. The first-order chi connectivity index (χ1) is 11.2. The van der Waals surface area contributed by atoms with Crippen molar-refractivity contribution in [2.24, 2.45) is 0 Å². The fourth-order valence-corrected chi connectivity index (χ4v) is 2.28. The summed E-state index contributed by atoms with van der Waals surface area (Å²) >= 11 is 5.91. The minimum atomic E-state index is 0.461. The highest BCUT2D eigenvalue weighted by molar-refractivity contribution is 6.30. The Hall–Kier alpha value is -1.75. The monoisotopic (exact) mass is 335 g/mol. The van der Waals surface area contributed by atoms with Crippen LogP contribution in [0, 0.1) is 0 Å². The molecule has 0 radical (unpaired) electrons. The van der Waals surface area contributed by atoms with E-state index in [-0.39, 0.29) is 0 Å². The second kappa shape index (κ2) is 9.40. The molecule has 0 saturated carbocycles. The third-order valence-electron chi connectivity index (χ3n) is 3.38. The lowest BCUT2D eigenvalue weighted by molar-refractivity contribution is 0.199. The van der Waals surface area contributed by atoms with Crippen LogP contribution in [0.2, 0.25) is 5.02 Å². The van der Waals surface area contributed by atoms with Crippen LogP contribution in [0.1, 0.15) is 11.1 Å². The van der Waals surface area contributed by atoms with Gasteiger partial charge in [0, 0.05) is 30.8 Å². The first kappa shape index (κ1) is 17.6. The molecule has 124 valence electrons. The van der Waals surface area contributed by atoms with E-state index in [1.165, 1.54) is 0 Å². The Kier molecular flexibility index (Phi) is 7.20. The summed E-state index contributed by atoms with van der Waals surface area (Å²) in [4.78, 5) is 0. The summed E-state index contributed by atoms with van der Waals surface area (Å²) < 4.78 is 16.5. The van der Waals surface area contributed by atoms with Gasteiger partial charge in [-0.05, 0) is 23.8 Å². The van der Waals surface area contributed by atoms with Crippen LogP contribution < -0.4 is 14.8 Å². The zero-order valence-electron chi connectivity index (χ0n) is 13.5. The van der Waals surface area contributed by atoms with Crippen LogP contribution in [-0.4, -0.2) is 27.4 Å². The van der Waals surface area contributed by atoms with Gasteiger partial charge < -0.3 is 19.5 Å². The normalized spacial score (nSPS) is 10.6. The molecule has 5 heteroatoms. The second-order valence-corrected chi connectivity index (χ2v) is 5.47. The number of hydrogen-bond donors (Lipinski definition) is 1. The maximum absolute atomic E-state index is 6.00. The summed E-state index contributed by atoms with van der Waals surface area (Å²) in [5, 5.41) is 4.04. The molecular weight excluding hydrogens is 314 g/mol. The molecule has 0 spiro atoms. The SMILES string of the molecule is COCCNCc1cccc(OC)c1OCc1ccc(Cl)cc1. The highest BCUT2D eigenvalue weighted by atomic mass is 35.5. The van der Waals surface area contributed by atoms with E-state index >= 15 is 0 Å². The van der Waals surface area contributed by atoms with Crippen molar-refractivity contribution in [1.29, 1.82) is 0 Å². The molecule has 0 atom stereocenters. The fourth-order valence-electron chi connectivity index (χ4n) is 2.16. The lowest BCUT2D eigenvalue weighted by atomic mass is 10.1. The molecule has 2 rings (SSSR count). The number of rotatable bonds is 9. The highest BCUT2D eigenvalue weighted by Crippen LogP contribution is 2.31. The molecule has 2 aromatic carbocycles. The van der Waals surface area contributed by atoms with Crippen molar-refractivity contribution in [3.63, 3.8) is 0 Å². The van der Waals surface area contributed by atoms with E-state index in [0.29, 0.717) is 24.8 Å². The zero-order chi connectivity index (χ0) is 16.5. The van der Waals surface area contributed by atoms with Crippen LogP contribution in [0.5, 0.6) is 11.5 Å². The van der Waals surface area contributed by atoms with Gasteiger partial charge in [0.1, 0.15) is 6.61 Å². The Morgan fingerprint density at radius 1 is 1.04 bits per heavy atom. The Morgan fingerprint density at radius 3 is 2.52 bits per heavy atom. The van der Waals surface area contributed by atoms with Crippen LogP contribution in [0.25, 0.3) is 0 Å². The lowest BCUT2D eigenvalue weighted by Gasteiger charge is -2.15. The standard InChI is InChI=1S/C18H22ClNO3/c1-21-11-10-20-12-15-4-3-5-17(22-2)18(15)23-13-14-6-8-16(19)9-7-14/h3-9,20H,10-13H2,1-2H3. The zero-order valence-corrected chi connectivity index (χ0v) is 14.2. The number of nitrogens with one attached hydrogen (secondary N) is 1. The Bertz CT molecular complexity index is 602. The van der Waals surface area contributed by atoms with Gasteiger partial charge in [-0.15, -0.1) is 0 Å². The van der Waals surface area contributed by atoms with Crippen molar-refractivity contribution in [1.82, 2.24) is 5.32 Å². The maximum atomic E-state index is 6.00. The van der Waals surface area contributed by atoms with Gasteiger partial charge in [0.25, 0.3) is 0 Å². The van der Waals surface area contributed by atoms with Gasteiger partial charge in [-0.3, -0.25) is 0 Å². The van der Waals surface area contributed by atoms with E-state index in [9.17, 15) is 0 Å². The van der Waals surface area contributed by atoms with Gasteiger partial charge in [0.15, 0.2) is 11.5 Å². The Morgan fingerprint density at radius 2 is 1.83 bits per heavy atom. The van der Waals surface area contributed by atoms with Gasteiger partial charge in [0.2, 0.25) is 0 Å². The fraction of sp³-hybridized carbons (Fsp3) is 0.333. The van der Waals surface area contributed by atoms with Gasteiger partial charge in [-0.1, -0.05) is 35.9 Å². The van der Waals surface area contributed by atoms with E-state index in [4.69, 9.17) is 25.8 Å². The molecule has 0 amide bonds. The van der Waals surface area contributed by atoms with Crippen molar-refractivity contribution < 1.29 is 14.2 Å². The van der Waals surface area contributed by atoms with Crippen molar-refractivity contribution in [2.75, 3.05) is 27.4 Å². The van der Waals surface area contributed by atoms with Crippen LogP contribution in [0.15, 0.2) is 42.5 Å². The number of ether oxygens (including phenoxy) is 3. The number of benzene rings is 2. The quantitative estimate of drug-likeness (QED) is 0.710.